The summed E-state index contributed by atoms with van der Waals surface area (Å²) in [4.78, 5) is 25.0. The summed E-state index contributed by atoms with van der Waals surface area (Å²) in [5, 5.41) is 10.4. The summed E-state index contributed by atoms with van der Waals surface area (Å²) in [5.74, 6) is 2.05. The quantitative estimate of drug-likeness (QED) is 0.748. The van der Waals surface area contributed by atoms with Crippen LogP contribution in [-0.4, -0.2) is 22.8 Å². The number of rotatable bonds is 0. The Morgan fingerprint density at radius 3 is 2.50 bits per heavy atom. The van der Waals surface area contributed by atoms with Crippen molar-refractivity contribution >= 4 is 11.6 Å². The number of carbonyl (C=O) groups excluding carboxylic acids is 2. The molecule has 0 amide bonds. The second kappa shape index (κ2) is 4.66. The van der Waals surface area contributed by atoms with Crippen LogP contribution in [0.3, 0.4) is 0 Å². The van der Waals surface area contributed by atoms with Crippen LogP contribution in [0.25, 0.3) is 0 Å². The van der Waals surface area contributed by atoms with Crippen LogP contribution in [0.1, 0.15) is 65.2 Å². The van der Waals surface area contributed by atoms with E-state index in [-0.39, 0.29) is 22.9 Å². The van der Waals surface area contributed by atoms with Gasteiger partial charge in [-0.05, 0) is 60.7 Å². The van der Waals surface area contributed by atoms with Crippen molar-refractivity contribution in [3.63, 3.8) is 0 Å². The minimum atomic E-state index is -0.246. The Balaban J connectivity index is 1.72. The standard InChI is InChI=1S/C19H28O3/c1-18-8-7-14-17(13(18)5-6-16(18)22)15(21)9-11-3-4-12(20)10-19(11,14)2/h11,13-14,16-17,22H,3-10H2,1-2H3/t11-,13?,14?,16?,17?,18?,19?/m1/s1. The predicted molar refractivity (Wildman–Crippen MR) is 83.1 cm³/mol. The molecule has 4 aliphatic carbocycles. The van der Waals surface area contributed by atoms with Gasteiger partial charge in [0.1, 0.15) is 11.6 Å². The summed E-state index contributed by atoms with van der Waals surface area (Å²) in [6, 6.07) is 0. The van der Waals surface area contributed by atoms with Crippen LogP contribution in [-0.2, 0) is 9.59 Å². The number of fused-ring (bicyclic) bond motifs is 5. The molecule has 0 aromatic heterocycles. The predicted octanol–water partition coefficient (Wildman–Crippen LogP) is 3.14. The molecule has 6 unspecified atom stereocenters. The van der Waals surface area contributed by atoms with Crippen LogP contribution in [0.15, 0.2) is 0 Å². The van der Waals surface area contributed by atoms with Gasteiger partial charge in [0.05, 0.1) is 6.10 Å². The number of aliphatic hydroxyl groups excluding tert-OH is 1. The van der Waals surface area contributed by atoms with Gasteiger partial charge < -0.3 is 5.11 Å². The lowest BCUT2D eigenvalue weighted by Crippen LogP contribution is -2.57. The molecule has 7 atom stereocenters. The van der Waals surface area contributed by atoms with Gasteiger partial charge in [-0.1, -0.05) is 13.8 Å². The molecule has 0 saturated heterocycles. The van der Waals surface area contributed by atoms with Crippen LogP contribution in [0, 0.1) is 34.5 Å². The van der Waals surface area contributed by atoms with E-state index >= 15 is 0 Å². The lowest BCUT2D eigenvalue weighted by molar-refractivity contribution is -0.161. The maximum absolute atomic E-state index is 12.9. The van der Waals surface area contributed by atoms with Crippen LogP contribution in [0.5, 0.6) is 0 Å². The zero-order valence-corrected chi connectivity index (χ0v) is 13.8. The molecule has 0 radical (unpaired) electrons. The Morgan fingerprint density at radius 1 is 1.00 bits per heavy atom. The monoisotopic (exact) mass is 304 g/mol. The first-order valence-electron chi connectivity index (χ1n) is 9.09. The van der Waals surface area contributed by atoms with Crippen molar-refractivity contribution in [1.29, 1.82) is 0 Å². The molecule has 4 rings (SSSR count). The maximum Gasteiger partial charge on any atom is 0.136 e. The van der Waals surface area contributed by atoms with Crippen LogP contribution >= 0.6 is 0 Å². The molecular weight excluding hydrogens is 276 g/mol. The van der Waals surface area contributed by atoms with E-state index in [1.807, 2.05) is 0 Å². The third-order valence-electron chi connectivity index (χ3n) is 8.17. The fourth-order valence-corrected chi connectivity index (χ4v) is 6.77. The molecular formula is C19H28O3. The number of aliphatic hydroxyl groups is 1. The zero-order chi connectivity index (χ0) is 15.7. The molecule has 1 N–H and O–H groups in total. The average Bonchev–Trinajstić information content (AvgIpc) is 2.76. The molecule has 3 heteroatoms. The van der Waals surface area contributed by atoms with Gasteiger partial charge in [0.2, 0.25) is 0 Å². The molecule has 4 fully saturated rings. The van der Waals surface area contributed by atoms with E-state index in [0.717, 1.165) is 32.1 Å². The number of ketones is 2. The molecule has 3 nitrogen and oxygen atoms in total. The van der Waals surface area contributed by atoms with Crippen molar-refractivity contribution < 1.29 is 14.7 Å². The molecule has 0 bridgehead atoms. The Kier molecular flexibility index (Phi) is 3.15. The lowest BCUT2D eigenvalue weighted by Gasteiger charge is -2.58. The minimum absolute atomic E-state index is 0.0305. The second-order valence-corrected chi connectivity index (χ2v) is 9.00. The largest absolute Gasteiger partial charge is 0.393 e. The van der Waals surface area contributed by atoms with Gasteiger partial charge in [-0.3, -0.25) is 9.59 Å². The number of hydrogen-bond acceptors (Lipinski definition) is 3. The van der Waals surface area contributed by atoms with Crippen LogP contribution < -0.4 is 0 Å². The highest BCUT2D eigenvalue weighted by Crippen LogP contribution is 2.64. The van der Waals surface area contributed by atoms with Gasteiger partial charge in [-0.2, -0.15) is 0 Å². The minimum Gasteiger partial charge on any atom is -0.393 e. The SMILES string of the molecule is CC12CCC3C(C(=O)C[C@H]4CCC(=O)CC34C)C1CCC2O. The number of Topliss-reactive ketones (excluding diaryl/α,β-unsaturated/α-hetero) is 2. The summed E-state index contributed by atoms with van der Waals surface area (Å²) in [6.45, 7) is 4.48. The van der Waals surface area contributed by atoms with Gasteiger partial charge in [-0.15, -0.1) is 0 Å². The lowest BCUT2D eigenvalue weighted by atomic mass is 9.45. The van der Waals surface area contributed by atoms with E-state index in [9.17, 15) is 14.7 Å². The van der Waals surface area contributed by atoms with Crippen LogP contribution in [0.4, 0.5) is 0 Å². The first kappa shape index (κ1) is 14.9. The zero-order valence-electron chi connectivity index (χ0n) is 13.8. The van der Waals surface area contributed by atoms with Crippen LogP contribution in [0.2, 0.25) is 0 Å². The van der Waals surface area contributed by atoms with E-state index in [1.54, 1.807) is 0 Å². The Morgan fingerprint density at radius 2 is 1.73 bits per heavy atom. The van der Waals surface area contributed by atoms with E-state index in [1.165, 1.54) is 0 Å². The number of carbonyl (C=O) groups is 2. The maximum atomic E-state index is 12.9. The summed E-state index contributed by atoms with van der Waals surface area (Å²) in [7, 11) is 0. The summed E-state index contributed by atoms with van der Waals surface area (Å²) >= 11 is 0. The Hall–Kier alpha value is -0.700. The van der Waals surface area contributed by atoms with Gasteiger partial charge >= 0.3 is 0 Å². The van der Waals surface area contributed by atoms with Gasteiger partial charge in [0.25, 0.3) is 0 Å². The molecule has 0 heterocycles. The fraction of sp³-hybridized carbons (Fsp3) is 0.895. The number of hydrogen-bond donors (Lipinski definition) is 1. The molecule has 22 heavy (non-hydrogen) atoms. The van der Waals surface area contributed by atoms with E-state index in [2.05, 4.69) is 13.8 Å². The molecule has 0 aliphatic heterocycles. The van der Waals surface area contributed by atoms with Crippen molar-refractivity contribution in [3.05, 3.63) is 0 Å². The summed E-state index contributed by atoms with van der Waals surface area (Å²) in [6.07, 6.45) is 6.55. The van der Waals surface area contributed by atoms with Gasteiger partial charge in [0, 0.05) is 25.2 Å². The normalized spacial score (nSPS) is 54.6. The van der Waals surface area contributed by atoms with Gasteiger partial charge in [0.15, 0.2) is 0 Å². The van der Waals surface area contributed by atoms with Crippen molar-refractivity contribution in [2.75, 3.05) is 0 Å². The van der Waals surface area contributed by atoms with E-state index in [4.69, 9.17) is 0 Å². The highest BCUT2D eigenvalue weighted by molar-refractivity contribution is 5.86. The molecule has 122 valence electrons. The first-order chi connectivity index (χ1) is 10.4. The van der Waals surface area contributed by atoms with E-state index in [0.29, 0.717) is 48.6 Å². The molecule has 0 aromatic carbocycles. The molecule has 0 spiro atoms. The fourth-order valence-electron chi connectivity index (χ4n) is 6.77. The second-order valence-electron chi connectivity index (χ2n) is 9.00. The topological polar surface area (TPSA) is 54.4 Å². The van der Waals surface area contributed by atoms with Crippen molar-refractivity contribution in [1.82, 2.24) is 0 Å². The third kappa shape index (κ3) is 1.78. The molecule has 0 aromatic rings. The van der Waals surface area contributed by atoms with Crippen molar-refractivity contribution in [2.24, 2.45) is 34.5 Å². The summed E-state index contributed by atoms with van der Waals surface area (Å²) in [5.41, 5.74) is -0.0402. The van der Waals surface area contributed by atoms with Gasteiger partial charge in [-0.25, -0.2) is 0 Å². The molecule has 4 aliphatic rings. The summed E-state index contributed by atoms with van der Waals surface area (Å²) < 4.78 is 0. The smallest absolute Gasteiger partial charge is 0.136 e. The van der Waals surface area contributed by atoms with Crippen molar-refractivity contribution in [2.45, 2.75) is 71.3 Å². The Labute approximate surface area is 132 Å². The van der Waals surface area contributed by atoms with E-state index < -0.39 is 0 Å². The first-order valence-corrected chi connectivity index (χ1v) is 9.09. The average molecular weight is 304 g/mol. The Bertz CT molecular complexity index is 527. The highest BCUT2D eigenvalue weighted by Gasteiger charge is 2.62. The van der Waals surface area contributed by atoms with Crippen molar-refractivity contribution in [3.8, 4) is 0 Å². The highest BCUT2D eigenvalue weighted by atomic mass is 16.3. The third-order valence-corrected chi connectivity index (χ3v) is 8.17. The molecule has 4 saturated carbocycles.